The number of piperidine rings is 1. The van der Waals surface area contributed by atoms with Crippen molar-refractivity contribution in [2.24, 2.45) is 11.3 Å². The fourth-order valence-electron chi connectivity index (χ4n) is 4.88. The van der Waals surface area contributed by atoms with E-state index in [1.807, 2.05) is 36.9 Å². The number of likely N-dealkylation sites (tertiary alicyclic amines) is 1. The van der Waals surface area contributed by atoms with Crippen LogP contribution in [-0.4, -0.2) is 45.8 Å². The van der Waals surface area contributed by atoms with Crippen molar-refractivity contribution in [1.29, 1.82) is 0 Å². The number of nitrogens with zero attached hydrogens (tertiary/aromatic N) is 3. The van der Waals surface area contributed by atoms with Crippen LogP contribution in [0, 0.1) is 11.3 Å². The molecule has 178 valence electrons. The summed E-state index contributed by atoms with van der Waals surface area (Å²) >= 11 is 6.07. The van der Waals surface area contributed by atoms with Crippen molar-refractivity contribution >= 4 is 34.3 Å². The Labute approximate surface area is 205 Å². The summed E-state index contributed by atoms with van der Waals surface area (Å²) in [5, 5.41) is 4.53. The zero-order valence-corrected chi connectivity index (χ0v) is 20.8. The molecule has 1 aliphatic heterocycles. The molecule has 1 aliphatic rings. The van der Waals surface area contributed by atoms with Gasteiger partial charge < -0.3 is 10.2 Å². The van der Waals surface area contributed by atoms with Crippen molar-refractivity contribution in [3.63, 3.8) is 0 Å². The number of rotatable bonds is 5. The molecule has 2 amide bonds. The molecule has 3 aromatic rings. The van der Waals surface area contributed by atoms with Gasteiger partial charge in [0.05, 0.1) is 5.52 Å². The fourth-order valence-corrected chi connectivity index (χ4v) is 5.00. The van der Waals surface area contributed by atoms with E-state index in [2.05, 4.69) is 41.3 Å². The molecule has 1 N–H and O–H groups in total. The van der Waals surface area contributed by atoms with E-state index in [4.69, 9.17) is 11.6 Å². The minimum atomic E-state index is -0.620. The Balaban J connectivity index is 1.48. The van der Waals surface area contributed by atoms with Crippen molar-refractivity contribution in [3.8, 4) is 0 Å². The molecule has 6 nitrogen and oxygen atoms in total. The van der Waals surface area contributed by atoms with E-state index in [0.29, 0.717) is 30.2 Å². The first kappa shape index (κ1) is 24.1. The maximum Gasteiger partial charge on any atom is 0.270 e. The molecule has 0 bridgehead atoms. The van der Waals surface area contributed by atoms with E-state index in [0.717, 1.165) is 16.8 Å². The highest BCUT2D eigenvalue weighted by Gasteiger charge is 2.40. The third kappa shape index (κ3) is 5.07. The molecule has 34 heavy (non-hydrogen) atoms. The summed E-state index contributed by atoms with van der Waals surface area (Å²) in [5.74, 6) is -0.118. The first-order chi connectivity index (χ1) is 16.2. The van der Waals surface area contributed by atoms with Gasteiger partial charge in [-0.05, 0) is 59.6 Å². The normalized spacial score (nSPS) is 18.6. The van der Waals surface area contributed by atoms with Crippen LogP contribution in [0.1, 0.15) is 56.1 Å². The zero-order valence-electron chi connectivity index (χ0n) is 20.1. The van der Waals surface area contributed by atoms with Crippen molar-refractivity contribution in [1.82, 2.24) is 20.2 Å². The van der Waals surface area contributed by atoms with Crippen molar-refractivity contribution in [3.05, 3.63) is 71.1 Å². The molecule has 0 aliphatic carbocycles. The number of carbonyl (C=O) groups is 2. The Kier molecular flexibility index (Phi) is 6.89. The number of benzene rings is 1. The Morgan fingerprint density at radius 2 is 1.85 bits per heavy atom. The van der Waals surface area contributed by atoms with Gasteiger partial charge in [-0.3, -0.25) is 14.6 Å². The number of fused-ring (bicyclic) bond motifs is 1. The lowest BCUT2D eigenvalue weighted by Gasteiger charge is -2.45. The van der Waals surface area contributed by atoms with E-state index < -0.39 is 6.04 Å². The van der Waals surface area contributed by atoms with Crippen molar-refractivity contribution in [2.45, 2.75) is 46.1 Å². The van der Waals surface area contributed by atoms with E-state index in [1.54, 1.807) is 24.5 Å². The number of pyridine rings is 2. The Morgan fingerprint density at radius 1 is 1.12 bits per heavy atom. The molecule has 3 heterocycles. The van der Waals surface area contributed by atoms with Crippen molar-refractivity contribution in [2.75, 3.05) is 13.1 Å². The summed E-state index contributed by atoms with van der Waals surface area (Å²) < 4.78 is 0. The van der Waals surface area contributed by atoms with Crippen LogP contribution in [0.2, 0.25) is 5.02 Å². The molecule has 4 rings (SSSR count). The average Bonchev–Trinajstić information content (AvgIpc) is 2.81. The second kappa shape index (κ2) is 9.71. The van der Waals surface area contributed by atoms with Crippen LogP contribution in [0.4, 0.5) is 0 Å². The lowest BCUT2D eigenvalue weighted by atomic mass is 9.70. The van der Waals surface area contributed by atoms with Gasteiger partial charge in [-0.1, -0.05) is 51.4 Å². The highest BCUT2D eigenvalue weighted by Crippen LogP contribution is 2.42. The number of nitrogens with one attached hydrogen (secondary N) is 1. The largest absolute Gasteiger partial charge is 0.340 e. The second-order valence-electron chi connectivity index (χ2n) is 10.1. The topological polar surface area (TPSA) is 75.2 Å². The van der Waals surface area contributed by atoms with Crippen LogP contribution in [0.5, 0.6) is 0 Å². The summed E-state index contributed by atoms with van der Waals surface area (Å²) in [6, 6.07) is 12.6. The van der Waals surface area contributed by atoms with Crippen LogP contribution >= 0.6 is 11.6 Å². The van der Waals surface area contributed by atoms with Gasteiger partial charge in [0, 0.05) is 35.9 Å². The molecule has 0 spiro atoms. The average molecular weight is 479 g/mol. The lowest BCUT2D eigenvalue weighted by molar-refractivity contribution is -0.137. The Hall–Kier alpha value is -2.99. The summed E-state index contributed by atoms with van der Waals surface area (Å²) in [7, 11) is 0. The van der Waals surface area contributed by atoms with Gasteiger partial charge in [0.15, 0.2) is 0 Å². The van der Waals surface area contributed by atoms with Crippen LogP contribution in [0.15, 0.2) is 54.9 Å². The second-order valence-corrected chi connectivity index (χ2v) is 10.5. The number of halogens is 1. The molecule has 0 radical (unpaired) electrons. The van der Waals surface area contributed by atoms with Crippen LogP contribution in [-0.2, 0) is 4.79 Å². The molecule has 1 aromatic carbocycles. The third-order valence-electron chi connectivity index (χ3n) is 6.75. The third-order valence-corrected chi connectivity index (χ3v) is 7.01. The Bertz CT molecular complexity index is 1190. The molecule has 0 unspecified atom stereocenters. The molecule has 1 fully saturated rings. The van der Waals surface area contributed by atoms with Gasteiger partial charge in [0.25, 0.3) is 5.91 Å². The van der Waals surface area contributed by atoms with Gasteiger partial charge in [-0.15, -0.1) is 0 Å². The predicted octanol–water partition coefficient (Wildman–Crippen LogP) is 5.08. The van der Waals surface area contributed by atoms with Crippen molar-refractivity contribution < 1.29 is 9.59 Å². The summed E-state index contributed by atoms with van der Waals surface area (Å²) in [6.45, 7) is 9.57. The minimum Gasteiger partial charge on any atom is -0.340 e. The van der Waals surface area contributed by atoms with Crippen LogP contribution in [0.3, 0.4) is 0 Å². The molecule has 1 saturated heterocycles. The van der Waals surface area contributed by atoms with E-state index in [9.17, 15) is 9.59 Å². The molecular formula is C27H31ClN4O2. The zero-order chi connectivity index (χ0) is 24.5. The maximum absolute atomic E-state index is 13.6. The summed E-state index contributed by atoms with van der Waals surface area (Å²) in [6.07, 6.45) is 4.21. The maximum atomic E-state index is 13.6. The smallest absolute Gasteiger partial charge is 0.270 e. The minimum absolute atomic E-state index is 0.0454. The number of amides is 2. The van der Waals surface area contributed by atoms with E-state index >= 15 is 0 Å². The summed E-state index contributed by atoms with van der Waals surface area (Å²) in [4.78, 5) is 37.0. The van der Waals surface area contributed by atoms with Gasteiger partial charge in [-0.2, -0.15) is 0 Å². The molecular weight excluding hydrogens is 448 g/mol. The number of hydrogen-bond acceptors (Lipinski definition) is 4. The molecule has 2 atom stereocenters. The fraction of sp³-hybridized carbons (Fsp3) is 0.407. The van der Waals surface area contributed by atoms with Crippen LogP contribution in [0.25, 0.3) is 10.9 Å². The highest BCUT2D eigenvalue weighted by molar-refractivity contribution is 6.30. The van der Waals surface area contributed by atoms with Gasteiger partial charge in [0.2, 0.25) is 5.91 Å². The van der Waals surface area contributed by atoms with Gasteiger partial charge in [0.1, 0.15) is 11.7 Å². The van der Waals surface area contributed by atoms with Gasteiger partial charge in [-0.25, -0.2) is 4.98 Å². The monoisotopic (exact) mass is 478 g/mol. The van der Waals surface area contributed by atoms with Crippen LogP contribution < -0.4 is 5.32 Å². The number of hydrogen-bond donors (Lipinski definition) is 1. The Morgan fingerprint density at radius 3 is 2.53 bits per heavy atom. The molecule has 7 heteroatoms. The summed E-state index contributed by atoms with van der Waals surface area (Å²) in [5.41, 5.74) is 2.12. The molecule has 2 aromatic heterocycles. The predicted molar refractivity (Wildman–Crippen MR) is 135 cm³/mol. The first-order valence-electron chi connectivity index (χ1n) is 11.7. The molecule has 0 saturated carbocycles. The first-order valence-corrected chi connectivity index (χ1v) is 12.1. The quantitative estimate of drug-likeness (QED) is 0.554. The number of carbonyl (C=O) groups excluding carboxylic acids is 2. The standard InChI is InChI=1S/C27H31ClN4O2/c1-17(2)24(31-25(33)23-10-7-19-15-29-13-11-22(19)30-23)26(34)32-14-12-21(27(3,4)16-32)18-5-8-20(28)9-6-18/h5-11,13,15,17,21,24H,12,14,16H2,1-4H3,(H,31,33)/t21-,24-/m1/s1. The number of aromatic nitrogens is 2. The SMILES string of the molecule is CC(C)[C@@H](NC(=O)c1ccc2cnccc2n1)C(=O)N1CC[C@H](c2ccc(Cl)cc2)C(C)(C)C1. The van der Waals surface area contributed by atoms with E-state index in [-0.39, 0.29) is 23.1 Å². The van der Waals surface area contributed by atoms with E-state index in [1.165, 1.54) is 5.56 Å². The van der Waals surface area contributed by atoms with Gasteiger partial charge >= 0.3 is 0 Å². The lowest BCUT2D eigenvalue weighted by Crippen LogP contribution is -2.56. The highest BCUT2D eigenvalue weighted by atomic mass is 35.5.